The molecule has 0 fully saturated rings. The number of halogens is 1. The summed E-state index contributed by atoms with van der Waals surface area (Å²) in [4.78, 5) is 4.72. The molecule has 0 saturated heterocycles. The van der Waals surface area contributed by atoms with E-state index in [9.17, 15) is 0 Å². The molecule has 0 saturated carbocycles. The van der Waals surface area contributed by atoms with Crippen molar-refractivity contribution in [1.29, 1.82) is 0 Å². The molecule has 0 atom stereocenters. The Bertz CT molecular complexity index is 388. The van der Waals surface area contributed by atoms with Crippen molar-refractivity contribution in [2.24, 2.45) is 5.16 Å². The minimum atomic E-state index is 0.633. The number of methoxy groups -OCH3 is 1. The molecule has 1 aromatic carbocycles. The highest BCUT2D eigenvalue weighted by Crippen LogP contribution is 2.27. The highest BCUT2D eigenvalue weighted by molar-refractivity contribution is 9.18. The molecule has 0 aliphatic carbocycles. The number of hydrogen-bond acceptors (Lipinski definition) is 3. The summed E-state index contributed by atoms with van der Waals surface area (Å²) in [6.07, 6.45) is 0. The van der Waals surface area contributed by atoms with E-state index in [0.29, 0.717) is 4.62 Å². The van der Waals surface area contributed by atoms with Gasteiger partial charge in [-0.3, -0.25) is 0 Å². The van der Waals surface area contributed by atoms with Gasteiger partial charge in [0.1, 0.15) is 12.9 Å². The predicted molar refractivity (Wildman–Crippen MR) is 64.9 cm³/mol. The molecular weight excluding hydrogens is 258 g/mol. The normalized spacial score (nSPS) is 11.4. The molecule has 0 N–H and O–H groups in total. The Morgan fingerprint density at radius 2 is 1.93 bits per heavy atom. The number of oxime groups is 1. The molecule has 0 aromatic heterocycles. The smallest absolute Gasteiger partial charge is 0.156 e. The zero-order valence-electron chi connectivity index (χ0n) is 9.30. The number of nitrogens with zero attached hydrogens (tertiary/aromatic N) is 1. The van der Waals surface area contributed by atoms with Gasteiger partial charge in [0.25, 0.3) is 0 Å². The molecule has 1 aromatic rings. The van der Waals surface area contributed by atoms with E-state index in [1.165, 1.54) is 7.11 Å². The summed E-state index contributed by atoms with van der Waals surface area (Å²) in [5.74, 6) is 0.813. The highest BCUT2D eigenvalue weighted by atomic mass is 79.9. The van der Waals surface area contributed by atoms with E-state index in [-0.39, 0.29) is 0 Å². The summed E-state index contributed by atoms with van der Waals surface area (Å²) in [5, 5.41) is 3.84. The quantitative estimate of drug-likeness (QED) is 0.625. The Kier molecular flexibility index (Phi) is 4.15. The van der Waals surface area contributed by atoms with Crippen LogP contribution in [0.1, 0.15) is 16.7 Å². The van der Waals surface area contributed by atoms with Gasteiger partial charge in [0, 0.05) is 0 Å². The Balaban J connectivity index is 3.32. The maximum absolute atomic E-state index is 5.33. The average molecular weight is 272 g/mol. The Morgan fingerprint density at radius 1 is 1.27 bits per heavy atom. The molecular formula is C11H14BrNO2. The van der Waals surface area contributed by atoms with E-state index in [1.54, 1.807) is 7.11 Å². The fraction of sp³-hybridized carbons (Fsp3) is 0.364. The van der Waals surface area contributed by atoms with E-state index >= 15 is 0 Å². The number of hydrogen-bond donors (Lipinski definition) is 0. The first-order valence-electron chi connectivity index (χ1n) is 4.52. The maximum Gasteiger partial charge on any atom is 0.156 e. The van der Waals surface area contributed by atoms with Gasteiger partial charge in [0.2, 0.25) is 0 Å². The zero-order valence-corrected chi connectivity index (χ0v) is 10.9. The van der Waals surface area contributed by atoms with Crippen molar-refractivity contribution in [2.75, 3.05) is 14.2 Å². The molecule has 15 heavy (non-hydrogen) atoms. The molecule has 4 heteroatoms. The van der Waals surface area contributed by atoms with Gasteiger partial charge in [0.05, 0.1) is 12.7 Å². The van der Waals surface area contributed by atoms with Crippen LogP contribution in [0.3, 0.4) is 0 Å². The van der Waals surface area contributed by atoms with Gasteiger partial charge < -0.3 is 9.57 Å². The lowest BCUT2D eigenvalue weighted by Gasteiger charge is -2.11. The first kappa shape index (κ1) is 12.0. The van der Waals surface area contributed by atoms with E-state index in [4.69, 9.17) is 9.57 Å². The molecule has 0 radical (unpaired) electrons. The third-order valence-corrected chi connectivity index (χ3v) is 2.59. The minimum Gasteiger partial charge on any atom is -0.496 e. The van der Waals surface area contributed by atoms with Crippen LogP contribution in [0.2, 0.25) is 0 Å². The van der Waals surface area contributed by atoms with Gasteiger partial charge in [-0.15, -0.1) is 0 Å². The standard InChI is InChI=1S/C11H14BrNO2/c1-7-5-8(2)10(14-3)9(6-7)11(12)13-15-4/h5-6H,1-4H3/b13-11+. The van der Waals surface area contributed by atoms with Gasteiger partial charge in [-0.25, -0.2) is 0 Å². The molecule has 3 nitrogen and oxygen atoms in total. The second kappa shape index (κ2) is 5.16. The van der Waals surface area contributed by atoms with Gasteiger partial charge in [-0.05, 0) is 47.0 Å². The van der Waals surface area contributed by atoms with Crippen LogP contribution in [-0.4, -0.2) is 18.8 Å². The summed E-state index contributed by atoms with van der Waals surface area (Å²) >= 11 is 3.35. The third-order valence-electron chi connectivity index (χ3n) is 2.02. The first-order chi connectivity index (χ1) is 7.10. The van der Waals surface area contributed by atoms with E-state index in [0.717, 1.165) is 22.4 Å². The van der Waals surface area contributed by atoms with Crippen molar-refractivity contribution in [1.82, 2.24) is 0 Å². The lowest BCUT2D eigenvalue weighted by molar-refractivity contribution is 0.215. The second-order valence-corrected chi connectivity index (χ2v) is 3.98. The third kappa shape index (κ3) is 2.72. The van der Waals surface area contributed by atoms with Crippen molar-refractivity contribution in [3.8, 4) is 5.75 Å². The Morgan fingerprint density at radius 3 is 2.47 bits per heavy atom. The molecule has 0 unspecified atom stereocenters. The van der Waals surface area contributed by atoms with E-state index < -0.39 is 0 Å². The number of ether oxygens (including phenoxy) is 1. The lowest BCUT2D eigenvalue weighted by atomic mass is 10.1. The maximum atomic E-state index is 5.33. The molecule has 0 heterocycles. The largest absolute Gasteiger partial charge is 0.496 e. The number of aryl methyl sites for hydroxylation is 2. The van der Waals surface area contributed by atoms with Crippen LogP contribution < -0.4 is 4.74 Å². The van der Waals surface area contributed by atoms with Crippen LogP contribution in [0.4, 0.5) is 0 Å². The van der Waals surface area contributed by atoms with Crippen molar-refractivity contribution in [2.45, 2.75) is 13.8 Å². The molecule has 0 bridgehead atoms. The second-order valence-electron chi connectivity index (χ2n) is 3.23. The monoisotopic (exact) mass is 271 g/mol. The summed E-state index contributed by atoms with van der Waals surface area (Å²) in [6.45, 7) is 4.03. The topological polar surface area (TPSA) is 30.8 Å². The number of rotatable bonds is 3. The van der Waals surface area contributed by atoms with Crippen molar-refractivity contribution >= 4 is 20.6 Å². The van der Waals surface area contributed by atoms with Crippen LogP contribution in [0.25, 0.3) is 0 Å². The fourth-order valence-electron chi connectivity index (χ4n) is 1.51. The van der Waals surface area contributed by atoms with Crippen LogP contribution in [-0.2, 0) is 4.84 Å². The SMILES string of the molecule is CO/N=C(/Br)c1cc(C)cc(C)c1OC. The molecule has 82 valence electrons. The van der Waals surface area contributed by atoms with Crippen molar-refractivity contribution in [3.05, 3.63) is 28.8 Å². The summed E-state index contributed by atoms with van der Waals surface area (Å²) < 4.78 is 5.97. The highest BCUT2D eigenvalue weighted by Gasteiger charge is 2.11. The predicted octanol–water partition coefficient (Wildman–Crippen LogP) is 3.01. The molecule has 0 aliphatic heterocycles. The Labute approximate surface area is 98.2 Å². The summed E-state index contributed by atoms with van der Waals surface area (Å²) in [5.41, 5.74) is 3.14. The molecule has 0 aliphatic rings. The zero-order chi connectivity index (χ0) is 11.4. The van der Waals surface area contributed by atoms with Crippen LogP contribution in [0.15, 0.2) is 17.3 Å². The van der Waals surface area contributed by atoms with Gasteiger partial charge in [-0.2, -0.15) is 0 Å². The van der Waals surface area contributed by atoms with Crippen molar-refractivity contribution < 1.29 is 9.57 Å². The summed E-state index contributed by atoms with van der Waals surface area (Å²) in [7, 11) is 3.16. The molecule has 1 rings (SSSR count). The first-order valence-corrected chi connectivity index (χ1v) is 5.31. The number of benzene rings is 1. The Hall–Kier alpha value is -1.03. The van der Waals surface area contributed by atoms with E-state index in [1.807, 2.05) is 19.9 Å². The molecule has 0 amide bonds. The summed E-state index contributed by atoms with van der Waals surface area (Å²) in [6, 6.07) is 4.06. The van der Waals surface area contributed by atoms with E-state index in [2.05, 4.69) is 27.2 Å². The fourth-order valence-corrected chi connectivity index (χ4v) is 1.95. The van der Waals surface area contributed by atoms with Crippen LogP contribution >= 0.6 is 15.9 Å². The minimum absolute atomic E-state index is 0.633. The van der Waals surface area contributed by atoms with Crippen LogP contribution in [0.5, 0.6) is 5.75 Å². The van der Waals surface area contributed by atoms with Gasteiger partial charge >= 0.3 is 0 Å². The molecule has 0 spiro atoms. The average Bonchev–Trinajstić information content (AvgIpc) is 2.17. The van der Waals surface area contributed by atoms with Gasteiger partial charge in [-0.1, -0.05) is 11.2 Å². The van der Waals surface area contributed by atoms with Crippen LogP contribution in [0, 0.1) is 13.8 Å². The van der Waals surface area contributed by atoms with Crippen molar-refractivity contribution in [3.63, 3.8) is 0 Å². The van der Waals surface area contributed by atoms with Gasteiger partial charge in [0.15, 0.2) is 4.62 Å². The lowest BCUT2D eigenvalue weighted by Crippen LogP contribution is -2.00.